The summed E-state index contributed by atoms with van der Waals surface area (Å²) in [7, 11) is 4.17. The molecule has 2 atom stereocenters. The number of nitrogens with one attached hydrogen (secondary N) is 1. The molecule has 19 heavy (non-hydrogen) atoms. The van der Waals surface area contributed by atoms with Crippen LogP contribution < -0.4 is 5.32 Å². The molecule has 0 radical (unpaired) electrons. The molecule has 0 aromatic rings. The molecule has 0 bridgehead atoms. The van der Waals surface area contributed by atoms with Crippen LogP contribution in [0.5, 0.6) is 0 Å². The molecule has 2 unspecified atom stereocenters. The predicted octanol–water partition coefficient (Wildman–Crippen LogP) is 1.27. The van der Waals surface area contributed by atoms with Gasteiger partial charge in [-0.05, 0) is 45.9 Å². The highest BCUT2D eigenvalue weighted by Gasteiger charge is 2.17. The van der Waals surface area contributed by atoms with E-state index in [0.29, 0.717) is 6.04 Å². The summed E-state index contributed by atoms with van der Waals surface area (Å²) in [6.45, 7) is 12.0. The lowest BCUT2D eigenvalue weighted by molar-refractivity contribution is 0.0834. The number of rotatable bonds is 7. The summed E-state index contributed by atoms with van der Waals surface area (Å²) in [4.78, 5) is 4.74. The molecule has 1 fully saturated rings. The van der Waals surface area contributed by atoms with Gasteiger partial charge in [0.05, 0.1) is 13.2 Å². The van der Waals surface area contributed by atoms with E-state index in [-0.39, 0.29) is 0 Å². The quantitative estimate of drug-likeness (QED) is 0.706. The summed E-state index contributed by atoms with van der Waals surface area (Å²) in [6, 6.07) is 0.694. The van der Waals surface area contributed by atoms with Crippen molar-refractivity contribution in [1.82, 2.24) is 15.1 Å². The summed E-state index contributed by atoms with van der Waals surface area (Å²) < 4.78 is 5.71. The molecular formula is C15H33N3O. The fourth-order valence-electron chi connectivity index (χ4n) is 2.50. The van der Waals surface area contributed by atoms with Crippen LogP contribution in [0.2, 0.25) is 0 Å². The van der Waals surface area contributed by atoms with E-state index in [4.69, 9.17) is 4.74 Å². The average Bonchev–Trinajstić information content (AvgIpc) is 2.35. The third-order valence-corrected chi connectivity index (χ3v) is 3.85. The Morgan fingerprint density at radius 2 is 2.11 bits per heavy atom. The van der Waals surface area contributed by atoms with Crippen molar-refractivity contribution in [3.05, 3.63) is 0 Å². The summed E-state index contributed by atoms with van der Waals surface area (Å²) >= 11 is 0. The molecule has 4 heteroatoms. The molecule has 1 heterocycles. The van der Waals surface area contributed by atoms with E-state index in [1.807, 2.05) is 0 Å². The Labute approximate surface area is 119 Å². The second-order valence-electron chi connectivity index (χ2n) is 6.12. The zero-order valence-corrected chi connectivity index (χ0v) is 13.3. The number of ether oxygens (including phenoxy) is 1. The van der Waals surface area contributed by atoms with Gasteiger partial charge in [0.2, 0.25) is 0 Å². The van der Waals surface area contributed by atoms with Gasteiger partial charge < -0.3 is 19.9 Å². The van der Waals surface area contributed by atoms with E-state index >= 15 is 0 Å². The van der Waals surface area contributed by atoms with Gasteiger partial charge in [-0.25, -0.2) is 0 Å². The highest BCUT2D eigenvalue weighted by atomic mass is 16.5. The molecule has 1 aliphatic heterocycles. The molecule has 1 rings (SSSR count). The van der Waals surface area contributed by atoms with Crippen molar-refractivity contribution < 1.29 is 4.74 Å². The molecular weight excluding hydrogens is 238 g/mol. The van der Waals surface area contributed by atoms with E-state index in [1.54, 1.807) is 0 Å². The molecule has 0 spiro atoms. The Morgan fingerprint density at radius 3 is 2.79 bits per heavy atom. The Kier molecular flexibility index (Phi) is 8.62. The van der Waals surface area contributed by atoms with Crippen molar-refractivity contribution in [1.29, 1.82) is 0 Å². The van der Waals surface area contributed by atoms with Gasteiger partial charge in [0.15, 0.2) is 0 Å². The first-order valence-corrected chi connectivity index (χ1v) is 7.80. The van der Waals surface area contributed by atoms with Crippen LogP contribution >= 0.6 is 0 Å². The summed E-state index contributed by atoms with van der Waals surface area (Å²) in [5.74, 6) is 0.733. The van der Waals surface area contributed by atoms with Gasteiger partial charge in [-0.3, -0.25) is 0 Å². The van der Waals surface area contributed by atoms with Crippen LogP contribution in [0.15, 0.2) is 0 Å². The SMILES string of the molecule is CCC1CCN(CCOCCN(C)C)CC(C)CN1. The molecule has 1 saturated heterocycles. The largest absolute Gasteiger partial charge is 0.379 e. The Morgan fingerprint density at radius 1 is 1.32 bits per heavy atom. The van der Waals surface area contributed by atoms with Gasteiger partial charge in [0.25, 0.3) is 0 Å². The second-order valence-corrected chi connectivity index (χ2v) is 6.12. The van der Waals surface area contributed by atoms with Crippen molar-refractivity contribution >= 4 is 0 Å². The zero-order chi connectivity index (χ0) is 14.1. The first kappa shape index (κ1) is 16.9. The lowest BCUT2D eigenvalue weighted by Gasteiger charge is -2.32. The number of hydrogen-bond donors (Lipinski definition) is 1. The minimum absolute atomic E-state index is 0.694. The normalized spacial score (nSPS) is 26.4. The minimum Gasteiger partial charge on any atom is -0.379 e. The van der Waals surface area contributed by atoms with Crippen LogP contribution in [0.25, 0.3) is 0 Å². The van der Waals surface area contributed by atoms with Gasteiger partial charge in [0.1, 0.15) is 0 Å². The molecule has 0 amide bonds. The maximum atomic E-state index is 5.71. The Bertz CT molecular complexity index is 223. The third kappa shape index (κ3) is 7.88. The number of hydrogen-bond acceptors (Lipinski definition) is 4. The monoisotopic (exact) mass is 271 g/mol. The molecule has 1 N–H and O–H groups in total. The number of nitrogens with zero attached hydrogens (tertiary/aromatic N) is 2. The fraction of sp³-hybridized carbons (Fsp3) is 1.00. The van der Waals surface area contributed by atoms with Crippen molar-refractivity contribution in [2.75, 3.05) is 60.0 Å². The minimum atomic E-state index is 0.694. The standard InChI is InChI=1S/C15H33N3O/c1-5-15-6-7-18(13-14(2)12-16-15)9-11-19-10-8-17(3)4/h14-16H,5-13H2,1-4H3. The maximum Gasteiger partial charge on any atom is 0.0594 e. The smallest absolute Gasteiger partial charge is 0.0594 e. The first-order chi connectivity index (χ1) is 9.11. The molecule has 1 aliphatic rings. The van der Waals surface area contributed by atoms with E-state index in [0.717, 1.165) is 38.8 Å². The van der Waals surface area contributed by atoms with Crippen molar-refractivity contribution in [3.63, 3.8) is 0 Å². The van der Waals surface area contributed by atoms with Crippen LogP contribution in [0, 0.1) is 5.92 Å². The van der Waals surface area contributed by atoms with Crippen molar-refractivity contribution in [2.24, 2.45) is 5.92 Å². The second kappa shape index (κ2) is 9.70. The lowest BCUT2D eigenvalue weighted by Crippen LogP contribution is -2.44. The first-order valence-electron chi connectivity index (χ1n) is 7.80. The van der Waals surface area contributed by atoms with Crippen molar-refractivity contribution in [3.8, 4) is 0 Å². The van der Waals surface area contributed by atoms with Crippen LogP contribution in [0.3, 0.4) is 0 Å². The summed E-state index contributed by atoms with van der Waals surface area (Å²) in [5.41, 5.74) is 0. The van der Waals surface area contributed by atoms with Crippen LogP contribution in [0.4, 0.5) is 0 Å². The average molecular weight is 271 g/mol. The highest BCUT2D eigenvalue weighted by Crippen LogP contribution is 2.08. The molecule has 0 saturated carbocycles. The molecule has 4 nitrogen and oxygen atoms in total. The molecule has 114 valence electrons. The van der Waals surface area contributed by atoms with Gasteiger partial charge in [-0.1, -0.05) is 13.8 Å². The summed E-state index contributed by atoms with van der Waals surface area (Å²) in [6.07, 6.45) is 2.50. The van der Waals surface area contributed by atoms with Gasteiger partial charge >= 0.3 is 0 Å². The van der Waals surface area contributed by atoms with Gasteiger partial charge in [-0.15, -0.1) is 0 Å². The molecule has 0 aliphatic carbocycles. The van der Waals surface area contributed by atoms with Crippen LogP contribution in [-0.2, 0) is 4.74 Å². The maximum absolute atomic E-state index is 5.71. The number of likely N-dealkylation sites (N-methyl/N-ethyl adjacent to an activating group) is 1. The van der Waals surface area contributed by atoms with Crippen LogP contribution in [-0.4, -0.2) is 75.9 Å². The predicted molar refractivity (Wildman–Crippen MR) is 81.7 cm³/mol. The summed E-state index contributed by atoms with van der Waals surface area (Å²) in [5, 5.41) is 3.67. The van der Waals surface area contributed by atoms with E-state index < -0.39 is 0 Å². The Balaban J connectivity index is 2.19. The Hall–Kier alpha value is -0.160. The molecule has 0 aromatic carbocycles. The fourth-order valence-corrected chi connectivity index (χ4v) is 2.50. The van der Waals surface area contributed by atoms with E-state index in [2.05, 4.69) is 43.1 Å². The van der Waals surface area contributed by atoms with Crippen molar-refractivity contribution in [2.45, 2.75) is 32.7 Å². The highest BCUT2D eigenvalue weighted by molar-refractivity contribution is 4.75. The van der Waals surface area contributed by atoms with Crippen LogP contribution in [0.1, 0.15) is 26.7 Å². The zero-order valence-electron chi connectivity index (χ0n) is 13.3. The van der Waals surface area contributed by atoms with Gasteiger partial charge in [0, 0.05) is 25.7 Å². The van der Waals surface area contributed by atoms with E-state index in [9.17, 15) is 0 Å². The lowest BCUT2D eigenvalue weighted by atomic mass is 10.0. The van der Waals surface area contributed by atoms with E-state index in [1.165, 1.54) is 25.9 Å². The third-order valence-electron chi connectivity index (χ3n) is 3.85. The topological polar surface area (TPSA) is 27.7 Å². The van der Waals surface area contributed by atoms with Gasteiger partial charge in [-0.2, -0.15) is 0 Å². The molecule has 0 aromatic heterocycles.